The van der Waals surface area contributed by atoms with Crippen molar-refractivity contribution in [1.82, 2.24) is 31.2 Å². The van der Waals surface area contributed by atoms with Gasteiger partial charge < -0.3 is 46.9 Å². The summed E-state index contributed by atoms with van der Waals surface area (Å²) in [4.78, 5) is 58.4. The molecule has 0 radical (unpaired) electrons. The van der Waals surface area contributed by atoms with E-state index in [1.807, 2.05) is 13.8 Å². The lowest BCUT2D eigenvalue weighted by molar-refractivity contribution is -0.128. The largest absolute Gasteiger partial charge is 0.493 e. The van der Waals surface area contributed by atoms with Crippen LogP contribution >= 0.6 is 23.2 Å². The van der Waals surface area contributed by atoms with Crippen molar-refractivity contribution >= 4 is 58.6 Å². The minimum atomic E-state index is -0.756. The Balaban J connectivity index is 1.35. The van der Waals surface area contributed by atoms with E-state index in [9.17, 15) is 19.2 Å². The second kappa shape index (κ2) is 21.5. The maximum Gasteiger partial charge on any atom is 0.257 e. The average molecular weight is 776 g/mol. The van der Waals surface area contributed by atoms with Gasteiger partial charge in [0.25, 0.3) is 11.8 Å². The number of nitrogens with two attached hydrogens (primary N) is 2. The summed E-state index contributed by atoms with van der Waals surface area (Å²) < 4.78 is 16.8. The molecule has 0 saturated carbocycles. The Kier molecular flexibility index (Phi) is 17.2. The molecular formula is C36H48Cl2N8O7. The zero-order valence-electron chi connectivity index (χ0n) is 30.4. The molecule has 0 aliphatic carbocycles. The summed E-state index contributed by atoms with van der Waals surface area (Å²) in [6.07, 6.45) is 5.48. The summed E-state index contributed by atoms with van der Waals surface area (Å²) in [6.45, 7) is 4.20. The van der Waals surface area contributed by atoms with Gasteiger partial charge in [-0.15, -0.1) is 0 Å². The molecule has 2 aromatic carbocycles. The van der Waals surface area contributed by atoms with E-state index in [0.29, 0.717) is 53.8 Å². The number of ether oxygens (including phenoxy) is 3. The number of nitrogen functional groups attached to an aromatic ring is 2. The highest BCUT2D eigenvalue weighted by Crippen LogP contribution is 2.39. The molecule has 15 nitrogen and oxygen atoms in total. The smallest absolute Gasteiger partial charge is 0.257 e. The topological polar surface area (TPSA) is 222 Å². The number of carbonyl (C=O) groups is 4. The van der Waals surface area contributed by atoms with Crippen LogP contribution in [0.3, 0.4) is 0 Å². The molecule has 17 heteroatoms. The van der Waals surface area contributed by atoms with Gasteiger partial charge in [0.05, 0.1) is 31.4 Å². The summed E-state index contributed by atoms with van der Waals surface area (Å²) >= 11 is 12.0. The number of hydrogen-bond acceptors (Lipinski definition) is 11. The molecule has 3 rings (SSSR count). The molecule has 288 valence electrons. The SMILES string of the molecule is COc1cc(Cc2cnc(N)nc2N)cc(OC)c1OCC(=O)NCCCCCCNC(=O)[C@H](CC(C)C)NC(=O)CNC(=O)c1cc(Cl)ccc1Cl. The quantitative estimate of drug-likeness (QED) is 0.0857. The van der Waals surface area contributed by atoms with Gasteiger partial charge in [-0.1, -0.05) is 49.9 Å². The lowest BCUT2D eigenvalue weighted by atomic mass is 10.0. The van der Waals surface area contributed by atoms with E-state index in [1.165, 1.54) is 26.4 Å². The van der Waals surface area contributed by atoms with Crippen molar-refractivity contribution in [3.63, 3.8) is 0 Å². The number of halogens is 2. The van der Waals surface area contributed by atoms with Gasteiger partial charge in [-0.25, -0.2) is 4.98 Å². The van der Waals surface area contributed by atoms with Gasteiger partial charge in [0.15, 0.2) is 18.1 Å². The Morgan fingerprint density at radius 2 is 1.53 bits per heavy atom. The minimum absolute atomic E-state index is 0.0884. The number of benzene rings is 2. The molecular weight excluding hydrogens is 727 g/mol. The minimum Gasteiger partial charge on any atom is -0.493 e. The van der Waals surface area contributed by atoms with Crippen LogP contribution in [-0.2, 0) is 20.8 Å². The molecule has 0 fully saturated rings. The van der Waals surface area contributed by atoms with Gasteiger partial charge in [0, 0.05) is 36.3 Å². The first kappa shape index (κ1) is 42.4. The number of amides is 4. The molecule has 1 atom stereocenters. The third-order valence-corrected chi connectivity index (χ3v) is 8.41. The molecule has 0 bridgehead atoms. The summed E-state index contributed by atoms with van der Waals surface area (Å²) in [7, 11) is 2.98. The van der Waals surface area contributed by atoms with Crippen LogP contribution in [0.4, 0.5) is 11.8 Å². The summed E-state index contributed by atoms with van der Waals surface area (Å²) in [6, 6.07) is 7.23. The molecule has 1 heterocycles. The number of methoxy groups -OCH3 is 2. The number of rotatable bonds is 21. The Labute approximate surface area is 319 Å². The van der Waals surface area contributed by atoms with Crippen LogP contribution < -0.4 is 46.9 Å². The highest BCUT2D eigenvalue weighted by atomic mass is 35.5. The molecule has 0 aliphatic heterocycles. The molecule has 4 amide bonds. The normalized spacial score (nSPS) is 11.4. The fraction of sp³-hybridized carbons (Fsp3) is 0.444. The van der Waals surface area contributed by atoms with E-state index in [4.69, 9.17) is 48.9 Å². The van der Waals surface area contributed by atoms with E-state index in [2.05, 4.69) is 31.2 Å². The highest BCUT2D eigenvalue weighted by molar-refractivity contribution is 6.35. The molecule has 53 heavy (non-hydrogen) atoms. The Bertz CT molecular complexity index is 1700. The van der Waals surface area contributed by atoms with Crippen molar-refractivity contribution in [2.75, 3.05) is 51.9 Å². The van der Waals surface area contributed by atoms with Gasteiger partial charge in [0.1, 0.15) is 11.9 Å². The Hall–Kier alpha value is -5.02. The van der Waals surface area contributed by atoms with Crippen LogP contribution in [0, 0.1) is 5.92 Å². The molecule has 0 saturated heterocycles. The Morgan fingerprint density at radius 1 is 0.868 bits per heavy atom. The predicted molar refractivity (Wildman–Crippen MR) is 203 cm³/mol. The van der Waals surface area contributed by atoms with Crippen molar-refractivity contribution < 1.29 is 33.4 Å². The monoisotopic (exact) mass is 774 g/mol. The Morgan fingerprint density at radius 3 is 2.15 bits per heavy atom. The number of anilines is 2. The van der Waals surface area contributed by atoms with Gasteiger partial charge in [0.2, 0.25) is 23.5 Å². The van der Waals surface area contributed by atoms with Crippen LogP contribution in [0.15, 0.2) is 36.5 Å². The second-order valence-electron chi connectivity index (χ2n) is 12.5. The van der Waals surface area contributed by atoms with Gasteiger partial charge in [-0.2, -0.15) is 4.98 Å². The number of nitrogens with zero attached hydrogens (tertiary/aromatic N) is 2. The van der Waals surface area contributed by atoms with Crippen LogP contribution in [0.25, 0.3) is 0 Å². The maximum absolute atomic E-state index is 12.9. The first-order valence-electron chi connectivity index (χ1n) is 17.1. The highest BCUT2D eigenvalue weighted by Gasteiger charge is 2.22. The molecule has 0 unspecified atom stereocenters. The lowest BCUT2D eigenvalue weighted by Crippen LogP contribution is -2.50. The zero-order chi connectivity index (χ0) is 38.9. The molecule has 0 spiro atoms. The van der Waals surface area contributed by atoms with Crippen molar-refractivity contribution in [1.29, 1.82) is 0 Å². The first-order chi connectivity index (χ1) is 25.3. The fourth-order valence-electron chi connectivity index (χ4n) is 5.20. The summed E-state index contributed by atoms with van der Waals surface area (Å²) in [5.41, 5.74) is 13.2. The van der Waals surface area contributed by atoms with Crippen LogP contribution in [0.5, 0.6) is 17.2 Å². The number of hydrogen-bond donors (Lipinski definition) is 6. The maximum atomic E-state index is 12.9. The van der Waals surface area contributed by atoms with Crippen LogP contribution in [0.2, 0.25) is 10.0 Å². The average Bonchev–Trinajstić information content (AvgIpc) is 3.12. The fourth-order valence-corrected chi connectivity index (χ4v) is 5.57. The zero-order valence-corrected chi connectivity index (χ0v) is 31.9. The van der Waals surface area contributed by atoms with Crippen molar-refractivity contribution in [2.45, 2.75) is 58.4 Å². The molecule has 0 aliphatic rings. The third-order valence-electron chi connectivity index (χ3n) is 7.85. The molecule has 3 aromatic rings. The van der Waals surface area contributed by atoms with Crippen LogP contribution in [0.1, 0.15) is 67.4 Å². The standard InChI is InChI=1S/C36H48Cl2N8O7/c1-21(2)13-27(45-30(47)19-43-34(49)25-17-24(37)9-10-26(25)38)35(50)42-12-8-6-5-7-11-41-31(48)20-53-32-28(51-3)15-22(16-29(32)52-4)14-23-18-44-36(40)46-33(23)39/h9-10,15-18,21,27H,5-8,11-14,19-20H2,1-4H3,(H,41,48)(H,42,50)(H,43,49)(H,45,47)(H4,39,40,44,46)/t27-/m0/s1. The second-order valence-corrected chi connectivity index (χ2v) is 13.4. The number of nitrogens with one attached hydrogen (secondary N) is 4. The van der Waals surface area contributed by atoms with Crippen molar-refractivity contribution in [3.8, 4) is 17.2 Å². The van der Waals surface area contributed by atoms with E-state index in [0.717, 1.165) is 31.2 Å². The van der Waals surface area contributed by atoms with E-state index in [1.54, 1.807) is 24.4 Å². The summed E-state index contributed by atoms with van der Waals surface area (Å²) in [5, 5.41) is 11.5. The number of aromatic nitrogens is 2. The van der Waals surface area contributed by atoms with E-state index in [-0.39, 0.29) is 53.2 Å². The van der Waals surface area contributed by atoms with Gasteiger partial charge in [-0.3, -0.25) is 19.2 Å². The predicted octanol–water partition coefficient (Wildman–Crippen LogP) is 3.69. The van der Waals surface area contributed by atoms with E-state index < -0.39 is 17.9 Å². The molecule has 1 aromatic heterocycles. The number of unbranched alkanes of at least 4 members (excludes halogenated alkanes) is 3. The van der Waals surface area contributed by atoms with Crippen molar-refractivity contribution in [3.05, 3.63) is 63.3 Å². The molecule has 8 N–H and O–H groups in total. The number of carbonyl (C=O) groups excluding carboxylic acids is 4. The van der Waals surface area contributed by atoms with E-state index >= 15 is 0 Å². The van der Waals surface area contributed by atoms with Crippen molar-refractivity contribution in [2.24, 2.45) is 5.92 Å². The summed E-state index contributed by atoms with van der Waals surface area (Å²) in [5.74, 6) is -0.0986. The first-order valence-corrected chi connectivity index (χ1v) is 17.9. The van der Waals surface area contributed by atoms with Crippen LogP contribution in [-0.4, -0.2) is 80.1 Å². The van der Waals surface area contributed by atoms with Gasteiger partial charge >= 0.3 is 0 Å². The van der Waals surface area contributed by atoms with Gasteiger partial charge in [-0.05, 0) is 61.1 Å². The third kappa shape index (κ3) is 14.1. The lowest BCUT2D eigenvalue weighted by Gasteiger charge is -2.20.